The van der Waals surface area contributed by atoms with Gasteiger partial charge in [0.25, 0.3) is 5.91 Å². The Morgan fingerprint density at radius 1 is 1.28 bits per heavy atom. The van der Waals surface area contributed by atoms with Gasteiger partial charge in [-0.05, 0) is 50.3 Å². The van der Waals surface area contributed by atoms with Crippen molar-refractivity contribution in [2.45, 2.75) is 40.2 Å². The molecule has 0 N–H and O–H groups in total. The van der Waals surface area contributed by atoms with Crippen LogP contribution in [0.25, 0.3) is 10.2 Å². The van der Waals surface area contributed by atoms with Crippen LogP contribution in [-0.4, -0.2) is 54.3 Å². The maximum Gasteiger partial charge on any atom is 0.263 e. The van der Waals surface area contributed by atoms with Crippen LogP contribution in [0.5, 0.6) is 0 Å². The van der Waals surface area contributed by atoms with Gasteiger partial charge in [0.05, 0.1) is 10.2 Å². The minimum Gasteiger partial charge on any atom is -0.342 e. The summed E-state index contributed by atoms with van der Waals surface area (Å²) in [5, 5.41) is 0. The molecular formula is C20H27N3O4S2. The number of piperidine rings is 1. The van der Waals surface area contributed by atoms with Crippen molar-refractivity contribution >= 4 is 43.2 Å². The number of nitrogens with zero attached hydrogens (tertiary/aromatic N) is 3. The lowest BCUT2D eigenvalue weighted by molar-refractivity contribution is -0.130. The van der Waals surface area contributed by atoms with Crippen molar-refractivity contribution in [1.82, 2.24) is 9.47 Å². The van der Waals surface area contributed by atoms with E-state index in [-0.39, 0.29) is 0 Å². The molecule has 0 bridgehead atoms. The minimum atomic E-state index is -3.86. The molecule has 2 aromatic rings. The second-order valence-electron chi connectivity index (χ2n) is 7.73. The van der Waals surface area contributed by atoms with Crippen LogP contribution in [-0.2, 0) is 26.0 Å². The van der Waals surface area contributed by atoms with E-state index in [4.69, 9.17) is 0 Å². The van der Waals surface area contributed by atoms with Gasteiger partial charge in [-0.3, -0.25) is 9.59 Å². The highest BCUT2D eigenvalue weighted by Gasteiger charge is 2.27. The van der Waals surface area contributed by atoms with E-state index in [0.717, 1.165) is 28.6 Å². The molecule has 29 heavy (non-hydrogen) atoms. The Kier molecular flexibility index (Phi) is 6.58. The standard InChI is InChI=1S/C20H27N3O4S2/c1-4-23-16-8-7-14(2)10-17(16)28-20(23)21-18(24)12-29(26,27)13-19(25)22-9-5-6-15(3)11-22/h7-8,10,15H,4-6,9,11-13H2,1-3H3. The van der Waals surface area contributed by atoms with E-state index in [1.165, 1.54) is 11.3 Å². The summed E-state index contributed by atoms with van der Waals surface area (Å²) in [6.07, 6.45) is 1.92. The molecule has 1 fully saturated rings. The zero-order valence-electron chi connectivity index (χ0n) is 17.1. The average molecular weight is 438 g/mol. The van der Waals surface area contributed by atoms with Crippen molar-refractivity contribution < 1.29 is 18.0 Å². The van der Waals surface area contributed by atoms with Crippen LogP contribution in [0.15, 0.2) is 23.2 Å². The normalized spacial score (nSPS) is 18.4. The highest BCUT2D eigenvalue weighted by atomic mass is 32.2. The Hall–Kier alpha value is -2.00. The number of amides is 2. The number of rotatable bonds is 5. The van der Waals surface area contributed by atoms with Gasteiger partial charge in [-0.25, -0.2) is 8.42 Å². The van der Waals surface area contributed by atoms with Crippen molar-refractivity contribution in [3.63, 3.8) is 0 Å². The van der Waals surface area contributed by atoms with Crippen molar-refractivity contribution in [3.05, 3.63) is 28.6 Å². The fourth-order valence-corrected chi connectivity index (χ4v) is 5.96. The SMILES string of the molecule is CCn1c(=NC(=O)CS(=O)(=O)CC(=O)N2CCCC(C)C2)sc2cc(C)ccc21. The molecule has 1 unspecified atom stereocenters. The molecular weight excluding hydrogens is 410 g/mol. The predicted octanol–water partition coefficient (Wildman–Crippen LogP) is 2.13. The molecule has 0 radical (unpaired) electrons. The lowest BCUT2D eigenvalue weighted by atomic mass is 10.0. The van der Waals surface area contributed by atoms with Crippen LogP contribution in [0.1, 0.15) is 32.3 Å². The summed E-state index contributed by atoms with van der Waals surface area (Å²) < 4.78 is 27.7. The Bertz CT molecular complexity index is 1100. The molecule has 0 spiro atoms. The molecule has 1 saturated heterocycles. The summed E-state index contributed by atoms with van der Waals surface area (Å²) in [4.78, 5) is 30.8. The molecule has 1 atom stereocenters. The molecule has 7 nitrogen and oxygen atoms in total. The van der Waals surface area contributed by atoms with Gasteiger partial charge in [0.15, 0.2) is 14.6 Å². The molecule has 1 aliphatic rings. The van der Waals surface area contributed by atoms with Crippen molar-refractivity contribution in [1.29, 1.82) is 0 Å². The summed E-state index contributed by atoms with van der Waals surface area (Å²) in [5.74, 6) is -2.19. The summed E-state index contributed by atoms with van der Waals surface area (Å²) >= 11 is 1.36. The number of carbonyl (C=O) groups excluding carboxylic acids is 2. The van der Waals surface area contributed by atoms with Gasteiger partial charge in [-0.15, -0.1) is 0 Å². The van der Waals surface area contributed by atoms with Crippen LogP contribution in [0, 0.1) is 12.8 Å². The number of sulfone groups is 1. The number of hydrogen-bond donors (Lipinski definition) is 0. The number of aromatic nitrogens is 1. The van der Waals surface area contributed by atoms with E-state index >= 15 is 0 Å². The number of hydrogen-bond acceptors (Lipinski definition) is 5. The van der Waals surface area contributed by atoms with Gasteiger partial charge in [-0.1, -0.05) is 24.3 Å². The predicted molar refractivity (Wildman–Crippen MR) is 114 cm³/mol. The summed E-state index contributed by atoms with van der Waals surface area (Å²) in [7, 11) is -3.86. The Morgan fingerprint density at radius 3 is 2.72 bits per heavy atom. The molecule has 0 aliphatic carbocycles. The first-order chi connectivity index (χ1) is 13.7. The Morgan fingerprint density at radius 2 is 2.03 bits per heavy atom. The highest BCUT2D eigenvalue weighted by Crippen LogP contribution is 2.19. The van der Waals surface area contributed by atoms with Gasteiger partial charge >= 0.3 is 0 Å². The van der Waals surface area contributed by atoms with Gasteiger partial charge < -0.3 is 9.47 Å². The monoisotopic (exact) mass is 437 g/mol. The second kappa shape index (κ2) is 8.79. The molecule has 0 saturated carbocycles. The zero-order valence-corrected chi connectivity index (χ0v) is 18.7. The fourth-order valence-electron chi connectivity index (χ4n) is 3.64. The van der Waals surface area contributed by atoms with E-state index in [1.807, 2.05) is 43.5 Å². The first kappa shape index (κ1) is 21.7. The molecule has 1 aromatic heterocycles. The lowest BCUT2D eigenvalue weighted by Crippen LogP contribution is -2.42. The first-order valence-corrected chi connectivity index (χ1v) is 12.5. The van der Waals surface area contributed by atoms with Gasteiger partial charge in [0.1, 0.15) is 11.5 Å². The fraction of sp³-hybridized carbons (Fsp3) is 0.550. The van der Waals surface area contributed by atoms with Gasteiger partial charge in [0.2, 0.25) is 5.91 Å². The van der Waals surface area contributed by atoms with Crippen molar-refractivity contribution in [3.8, 4) is 0 Å². The molecule has 158 valence electrons. The summed E-state index contributed by atoms with van der Waals surface area (Å²) in [6.45, 7) is 7.76. The number of likely N-dealkylation sites (tertiary alicyclic amines) is 1. The molecule has 2 amide bonds. The van der Waals surface area contributed by atoms with E-state index in [1.54, 1.807) is 4.90 Å². The van der Waals surface area contributed by atoms with Gasteiger partial charge in [0, 0.05) is 19.6 Å². The second-order valence-corrected chi connectivity index (χ2v) is 10.8. The third kappa shape index (κ3) is 5.33. The van der Waals surface area contributed by atoms with Crippen molar-refractivity contribution in [2.24, 2.45) is 10.9 Å². The van der Waals surface area contributed by atoms with Crippen molar-refractivity contribution in [2.75, 3.05) is 24.6 Å². The summed E-state index contributed by atoms with van der Waals surface area (Å²) in [5.41, 5.74) is 2.07. The van der Waals surface area contributed by atoms with Crippen LogP contribution in [0.4, 0.5) is 0 Å². The third-order valence-corrected chi connectivity index (χ3v) is 7.49. The maximum absolute atomic E-state index is 12.4. The van der Waals surface area contributed by atoms with E-state index in [9.17, 15) is 18.0 Å². The number of thiazole rings is 1. The topological polar surface area (TPSA) is 88.8 Å². The number of fused-ring (bicyclic) bond motifs is 1. The highest BCUT2D eigenvalue weighted by molar-refractivity contribution is 7.92. The van der Waals surface area contributed by atoms with Crippen LogP contribution < -0.4 is 4.80 Å². The quantitative estimate of drug-likeness (QED) is 0.717. The third-order valence-electron chi connectivity index (χ3n) is 5.07. The van der Waals surface area contributed by atoms with Crippen LogP contribution in [0.3, 0.4) is 0 Å². The molecule has 2 heterocycles. The number of benzene rings is 1. The maximum atomic E-state index is 12.4. The molecule has 1 aliphatic heterocycles. The average Bonchev–Trinajstić information content (AvgIpc) is 2.96. The smallest absolute Gasteiger partial charge is 0.263 e. The number of aryl methyl sites for hydroxylation is 2. The Labute approximate surface area is 175 Å². The van der Waals surface area contributed by atoms with E-state index < -0.39 is 33.2 Å². The lowest BCUT2D eigenvalue weighted by Gasteiger charge is -2.30. The largest absolute Gasteiger partial charge is 0.342 e. The molecule has 9 heteroatoms. The van der Waals surface area contributed by atoms with Crippen LogP contribution >= 0.6 is 11.3 Å². The molecule has 1 aromatic carbocycles. The number of carbonyl (C=O) groups is 2. The summed E-state index contributed by atoms with van der Waals surface area (Å²) in [6, 6.07) is 5.98. The van der Waals surface area contributed by atoms with Crippen LogP contribution in [0.2, 0.25) is 0 Å². The first-order valence-electron chi connectivity index (χ1n) is 9.84. The van der Waals surface area contributed by atoms with E-state index in [0.29, 0.717) is 30.4 Å². The van der Waals surface area contributed by atoms with Gasteiger partial charge in [-0.2, -0.15) is 4.99 Å². The van der Waals surface area contributed by atoms with E-state index in [2.05, 4.69) is 4.99 Å². The zero-order chi connectivity index (χ0) is 21.2. The molecule has 3 rings (SSSR count). The minimum absolute atomic E-state index is 0.369. The Balaban J connectivity index is 1.75.